The van der Waals surface area contributed by atoms with E-state index in [-0.39, 0.29) is 0 Å². The number of aromatic nitrogens is 2. The predicted octanol–water partition coefficient (Wildman–Crippen LogP) is 3.05. The smallest absolute Gasteiger partial charge is 0.148 e. The van der Waals surface area contributed by atoms with Crippen LogP contribution in [0.25, 0.3) is 0 Å². The maximum Gasteiger partial charge on any atom is 0.148 e. The molecule has 0 aliphatic carbocycles. The van der Waals surface area contributed by atoms with Crippen molar-refractivity contribution in [2.75, 3.05) is 30.4 Å². The molecule has 1 N–H and O–H groups in total. The van der Waals surface area contributed by atoms with E-state index in [0.717, 1.165) is 29.2 Å². The van der Waals surface area contributed by atoms with E-state index in [9.17, 15) is 0 Å². The summed E-state index contributed by atoms with van der Waals surface area (Å²) in [4.78, 5) is 11.0. The number of hydrogen-bond acceptors (Lipinski definition) is 4. The maximum atomic E-state index is 4.41. The third-order valence-corrected chi connectivity index (χ3v) is 3.89. The average molecular weight is 299 g/mol. The van der Waals surface area contributed by atoms with Crippen LogP contribution in [0.15, 0.2) is 10.8 Å². The van der Waals surface area contributed by atoms with Crippen LogP contribution in [0.2, 0.25) is 0 Å². The van der Waals surface area contributed by atoms with Crippen LogP contribution in [0.3, 0.4) is 0 Å². The fourth-order valence-electron chi connectivity index (χ4n) is 2.21. The molecular formula is C12H19BrN4. The SMILES string of the molecule is CNc1ncnc(N2CCCCCCC2)c1Br. The van der Waals surface area contributed by atoms with Crippen molar-refractivity contribution in [3.63, 3.8) is 0 Å². The Morgan fingerprint density at radius 3 is 2.41 bits per heavy atom. The molecule has 0 bridgehead atoms. The Balaban J connectivity index is 2.19. The van der Waals surface area contributed by atoms with E-state index in [1.165, 1.54) is 32.1 Å². The second-order valence-corrected chi connectivity index (χ2v) is 5.16. The molecule has 17 heavy (non-hydrogen) atoms. The topological polar surface area (TPSA) is 41.1 Å². The van der Waals surface area contributed by atoms with Gasteiger partial charge in [-0.25, -0.2) is 9.97 Å². The largest absolute Gasteiger partial charge is 0.372 e. The van der Waals surface area contributed by atoms with E-state index < -0.39 is 0 Å². The van der Waals surface area contributed by atoms with E-state index in [0.29, 0.717) is 0 Å². The van der Waals surface area contributed by atoms with Crippen molar-refractivity contribution < 1.29 is 0 Å². The number of halogens is 1. The molecule has 1 aliphatic heterocycles. The van der Waals surface area contributed by atoms with Crippen LogP contribution < -0.4 is 10.2 Å². The lowest BCUT2D eigenvalue weighted by atomic mass is 10.1. The summed E-state index contributed by atoms with van der Waals surface area (Å²) in [6.07, 6.45) is 8.18. The van der Waals surface area contributed by atoms with Crippen LogP contribution in [-0.2, 0) is 0 Å². The standard InChI is InChI=1S/C12H19BrN4/c1-14-11-10(13)12(16-9-15-11)17-7-5-3-2-4-6-8-17/h9H,2-8H2,1H3,(H,14,15,16). The van der Waals surface area contributed by atoms with Crippen molar-refractivity contribution >= 4 is 27.6 Å². The molecule has 1 saturated heterocycles. The molecule has 0 atom stereocenters. The first-order chi connectivity index (χ1) is 8.33. The first-order valence-electron chi connectivity index (χ1n) is 6.26. The van der Waals surface area contributed by atoms with Gasteiger partial charge in [0.25, 0.3) is 0 Å². The first kappa shape index (κ1) is 12.6. The van der Waals surface area contributed by atoms with Crippen molar-refractivity contribution in [3.05, 3.63) is 10.8 Å². The Labute approximate surface area is 111 Å². The molecule has 0 spiro atoms. The summed E-state index contributed by atoms with van der Waals surface area (Å²) >= 11 is 3.59. The van der Waals surface area contributed by atoms with E-state index in [1.807, 2.05) is 7.05 Å². The molecule has 1 aliphatic rings. The Hall–Kier alpha value is -0.840. The van der Waals surface area contributed by atoms with Gasteiger partial charge in [-0.2, -0.15) is 0 Å². The summed E-state index contributed by atoms with van der Waals surface area (Å²) in [6.45, 7) is 2.19. The van der Waals surface area contributed by atoms with Crippen LogP contribution in [0.1, 0.15) is 32.1 Å². The zero-order chi connectivity index (χ0) is 12.1. The van der Waals surface area contributed by atoms with Gasteiger partial charge in [0.2, 0.25) is 0 Å². The summed E-state index contributed by atoms with van der Waals surface area (Å²) in [5.41, 5.74) is 0. The van der Waals surface area contributed by atoms with E-state index in [4.69, 9.17) is 0 Å². The van der Waals surface area contributed by atoms with Crippen molar-refractivity contribution in [1.82, 2.24) is 9.97 Å². The molecule has 2 heterocycles. The summed E-state index contributed by atoms with van der Waals surface area (Å²) < 4.78 is 0.975. The predicted molar refractivity (Wildman–Crippen MR) is 74.6 cm³/mol. The summed E-state index contributed by atoms with van der Waals surface area (Å²) in [6, 6.07) is 0. The van der Waals surface area contributed by atoms with Gasteiger partial charge in [-0.05, 0) is 28.8 Å². The molecule has 4 nitrogen and oxygen atoms in total. The lowest BCUT2D eigenvalue weighted by Gasteiger charge is -2.26. The Kier molecular flexibility index (Phi) is 4.59. The molecule has 94 valence electrons. The minimum absolute atomic E-state index is 0.858. The van der Waals surface area contributed by atoms with Gasteiger partial charge >= 0.3 is 0 Å². The van der Waals surface area contributed by atoms with Crippen LogP contribution in [0.4, 0.5) is 11.6 Å². The van der Waals surface area contributed by atoms with Crippen molar-refractivity contribution in [2.24, 2.45) is 0 Å². The van der Waals surface area contributed by atoms with Gasteiger partial charge in [0.05, 0.1) is 0 Å². The molecule has 2 rings (SSSR count). The molecule has 1 fully saturated rings. The van der Waals surface area contributed by atoms with E-state index >= 15 is 0 Å². The zero-order valence-corrected chi connectivity index (χ0v) is 11.8. The molecule has 0 saturated carbocycles. The van der Waals surface area contributed by atoms with Crippen molar-refractivity contribution in [3.8, 4) is 0 Å². The van der Waals surface area contributed by atoms with Gasteiger partial charge in [-0.3, -0.25) is 0 Å². The van der Waals surface area contributed by atoms with Gasteiger partial charge in [0.15, 0.2) is 0 Å². The number of hydrogen-bond donors (Lipinski definition) is 1. The summed E-state index contributed by atoms with van der Waals surface area (Å²) in [5.74, 6) is 1.88. The minimum atomic E-state index is 0.858. The number of nitrogens with zero attached hydrogens (tertiary/aromatic N) is 3. The highest BCUT2D eigenvalue weighted by molar-refractivity contribution is 9.10. The second-order valence-electron chi connectivity index (χ2n) is 4.36. The highest BCUT2D eigenvalue weighted by atomic mass is 79.9. The van der Waals surface area contributed by atoms with Gasteiger partial charge < -0.3 is 10.2 Å². The van der Waals surface area contributed by atoms with E-state index in [1.54, 1.807) is 6.33 Å². The normalized spacial score (nSPS) is 17.4. The molecule has 0 unspecified atom stereocenters. The van der Waals surface area contributed by atoms with Gasteiger partial charge in [0.1, 0.15) is 22.4 Å². The van der Waals surface area contributed by atoms with Crippen molar-refractivity contribution in [2.45, 2.75) is 32.1 Å². The third kappa shape index (κ3) is 3.09. The van der Waals surface area contributed by atoms with Crippen LogP contribution in [0, 0.1) is 0 Å². The fourth-order valence-corrected chi connectivity index (χ4v) is 2.87. The van der Waals surface area contributed by atoms with Crippen LogP contribution >= 0.6 is 15.9 Å². The Morgan fingerprint density at radius 1 is 1.12 bits per heavy atom. The van der Waals surface area contributed by atoms with Crippen LogP contribution in [-0.4, -0.2) is 30.1 Å². The fraction of sp³-hybridized carbons (Fsp3) is 0.667. The molecule has 5 heteroatoms. The van der Waals surface area contributed by atoms with Gasteiger partial charge in [-0.1, -0.05) is 19.3 Å². The van der Waals surface area contributed by atoms with E-state index in [2.05, 4.69) is 36.1 Å². The summed E-state index contributed by atoms with van der Waals surface area (Å²) in [7, 11) is 1.88. The second kappa shape index (κ2) is 6.19. The first-order valence-corrected chi connectivity index (χ1v) is 7.05. The Bertz CT molecular complexity index is 362. The van der Waals surface area contributed by atoms with Gasteiger partial charge in [0, 0.05) is 20.1 Å². The molecular weight excluding hydrogens is 280 g/mol. The molecule has 0 amide bonds. The molecule has 1 aromatic heterocycles. The summed E-state index contributed by atoms with van der Waals surface area (Å²) in [5, 5.41) is 3.08. The average Bonchev–Trinajstić information content (AvgIpc) is 2.30. The lowest BCUT2D eigenvalue weighted by Crippen LogP contribution is -2.28. The zero-order valence-electron chi connectivity index (χ0n) is 10.2. The highest BCUT2D eigenvalue weighted by Gasteiger charge is 2.15. The number of rotatable bonds is 2. The third-order valence-electron chi connectivity index (χ3n) is 3.16. The monoisotopic (exact) mass is 298 g/mol. The minimum Gasteiger partial charge on any atom is -0.372 e. The number of nitrogens with one attached hydrogen (secondary N) is 1. The van der Waals surface area contributed by atoms with Gasteiger partial charge in [-0.15, -0.1) is 0 Å². The molecule has 1 aromatic rings. The maximum absolute atomic E-state index is 4.41. The quantitative estimate of drug-likeness (QED) is 0.911. The molecule has 0 radical (unpaired) electrons. The molecule has 0 aromatic carbocycles. The van der Waals surface area contributed by atoms with Crippen LogP contribution in [0.5, 0.6) is 0 Å². The highest BCUT2D eigenvalue weighted by Crippen LogP contribution is 2.30. The number of anilines is 2. The lowest BCUT2D eigenvalue weighted by molar-refractivity contribution is 0.553. The Morgan fingerprint density at radius 2 is 1.76 bits per heavy atom. The van der Waals surface area contributed by atoms with Crippen molar-refractivity contribution in [1.29, 1.82) is 0 Å².